The molecule has 2 heterocycles. The van der Waals surface area contributed by atoms with Crippen molar-refractivity contribution in [1.82, 2.24) is 4.98 Å². The van der Waals surface area contributed by atoms with Crippen LogP contribution < -0.4 is 0 Å². The van der Waals surface area contributed by atoms with Gasteiger partial charge in [0, 0.05) is 28.6 Å². The summed E-state index contributed by atoms with van der Waals surface area (Å²) in [6, 6.07) is 32.6. The highest BCUT2D eigenvalue weighted by Gasteiger charge is 2.36. The fourth-order valence-corrected chi connectivity index (χ4v) is 5.54. The van der Waals surface area contributed by atoms with Crippen LogP contribution in [0, 0.1) is 0 Å². The molecular formula is C32H23NO. The minimum atomic E-state index is -0.0556. The number of para-hydroxylation sites is 1. The first-order chi connectivity index (χ1) is 16.6. The smallest absolute Gasteiger partial charge is 0.136 e. The number of nitrogens with zero attached hydrogens (tertiary/aromatic N) is 1. The third kappa shape index (κ3) is 2.72. The second-order valence-electron chi connectivity index (χ2n) is 9.70. The first-order valence-electron chi connectivity index (χ1n) is 11.7. The molecule has 0 N–H and O–H groups in total. The summed E-state index contributed by atoms with van der Waals surface area (Å²) in [5.41, 5.74) is 11.9. The lowest BCUT2D eigenvalue weighted by Crippen LogP contribution is -2.14. The number of aromatic nitrogens is 1. The molecule has 1 aliphatic carbocycles. The van der Waals surface area contributed by atoms with Crippen molar-refractivity contribution in [2.24, 2.45) is 0 Å². The molecule has 0 atom stereocenters. The van der Waals surface area contributed by atoms with Crippen LogP contribution in [-0.2, 0) is 5.41 Å². The largest absolute Gasteiger partial charge is 0.456 e. The molecule has 2 heteroatoms. The molecule has 0 radical (unpaired) electrons. The standard InChI is InChI=1S/C32H23NO/c1-32(2)28-14-13-22(20-9-11-21(12-10-20)23-6-5-15-33-19-23)16-25(28)26-18-31-27(17-29(26)32)24-7-3-4-8-30(24)34-31/h3-19H,1-2H3. The van der Waals surface area contributed by atoms with E-state index in [0.29, 0.717) is 0 Å². The van der Waals surface area contributed by atoms with Crippen molar-refractivity contribution in [2.75, 3.05) is 0 Å². The molecule has 0 aliphatic heterocycles. The second-order valence-corrected chi connectivity index (χ2v) is 9.70. The Morgan fingerprint density at radius 3 is 2.12 bits per heavy atom. The van der Waals surface area contributed by atoms with Crippen LogP contribution in [0.1, 0.15) is 25.0 Å². The molecule has 2 nitrogen and oxygen atoms in total. The van der Waals surface area contributed by atoms with Crippen molar-refractivity contribution in [3.63, 3.8) is 0 Å². The summed E-state index contributed by atoms with van der Waals surface area (Å²) in [4.78, 5) is 4.24. The van der Waals surface area contributed by atoms with Crippen LogP contribution in [0.3, 0.4) is 0 Å². The summed E-state index contributed by atoms with van der Waals surface area (Å²) in [5, 5.41) is 2.38. The van der Waals surface area contributed by atoms with Crippen LogP contribution in [-0.4, -0.2) is 4.98 Å². The van der Waals surface area contributed by atoms with Gasteiger partial charge in [-0.15, -0.1) is 0 Å². The quantitative estimate of drug-likeness (QED) is 0.271. The molecule has 4 aromatic carbocycles. The monoisotopic (exact) mass is 437 g/mol. The van der Waals surface area contributed by atoms with Gasteiger partial charge >= 0.3 is 0 Å². The highest BCUT2D eigenvalue weighted by atomic mass is 16.3. The van der Waals surface area contributed by atoms with E-state index in [9.17, 15) is 0 Å². The third-order valence-corrected chi connectivity index (χ3v) is 7.39. The zero-order valence-corrected chi connectivity index (χ0v) is 19.2. The first kappa shape index (κ1) is 19.3. The van der Waals surface area contributed by atoms with Gasteiger partial charge in [0.05, 0.1) is 0 Å². The van der Waals surface area contributed by atoms with Crippen LogP contribution in [0.25, 0.3) is 55.3 Å². The summed E-state index contributed by atoms with van der Waals surface area (Å²) in [5.74, 6) is 0. The Balaban J connectivity index is 1.36. The van der Waals surface area contributed by atoms with Crippen LogP contribution >= 0.6 is 0 Å². The molecular weight excluding hydrogens is 414 g/mol. The van der Waals surface area contributed by atoms with E-state index in [1.54, 1.807) is 6.20 Å². The van der Waals surface area contributed by atoms with Crippen LogP contribution in [0.2, 0.25) is 0 Å². The van der Waals surface area contributed by atoms with E-state index in [0.717, 1.165) is 16.7 Å². The molecule has 6 aromatic rings. The lowest BCUT2D eigenvalue weighted by molar-refractivity contribution is 0.658. The minimum absolute atomic E-state index is 0.0556. The zero-order chi connectivity index (χ0) is 22.9. The maximum Gasteiger partial charge on any atom is 0.136 e. The summed E-state index contributed by atoms with van der Waals surface area (Å²) in [7, 11) is 0. The zero-order valence-electron chi connectivity index (χ0n) is 19.2. The van der Waals surface area contributed by atoms with E-state index in [1.165, 1.54) is 49.7 Å². The Bertz CT molecular complexity index is 1710. The summed E-state index contributed by atoms with van der Waals surface area (Å²) < 4.78 is 6.23. The van der Waals surface area contributed by atoms with Gasteiger partial charge in [0.25, 0.3) is 0 Å². The Kier molecular flexibility index (Phi) is 3.93. The van der Waals surface area contributed by atoms with Gasteiger partial charge in [-0.1, -0.05) is 74.5 Å². The lowest BCUT2D eigenvalue weighted by atomic mass is 9.81. The van der Waals surface area contributed by atoms with Gasteiger partial charge in [0.15, 0.2) is 0 Å². The number of hydrogen-bond donors (Lipinski definition) is 0. The molecule has 0 bridgehead atoms. The van der Waals surface area contributed by atoms with Crippen molar-refractivity contribution in [3.05, 3.63) is 115 Å². The Labute approximate surface area is 198 Å². The molecule has 34 heavy (non-hydrogen) atoms. The van der Waals surface area contributed by atoms with Crippen LogP contribution in [0.15, 0.2) is 108 Å². The molecule has 0 spiro atoms. The van der Waals surface area contributed by atoms with Crippen molar-refractivity contribution in [3.8, 4) is 33.4 Å². The topological polar surface area (TPSA) is 26.0 Å². The third-order valence-electron chi connectivity index (χ3n) is 7.39. The summed E-state index contributed by atoms with van der Waals surface area (Å²) >= 11 is 0. The summed E-state index contributed by atoms with van der Waals surface area (Å²) in [6.45, 7) is 4.66. The molecule has 0 fully saturated rings. The number of pyridine rings is 1. The number of rotatable bonds is 2. The molecule has 0 amide bonds. The lowest BCUT2D eigenvalue weighted by Gasteiger charge is -2.21. The van der Waals surface area contributed by atoms with Gasteiger partial charge < -0.3 is 4.42 Å². The highest BCUT2D eigenvalue weighted by molar-refractivity contribution is 6.07. The minimum Gasteiger partial charge on any atom is -0.456 e. The van der Waals surface area contributed by atoms with E-state index in [-0.39, 0.29) is 5.41 Å². The predicted octanol–water partition coefficient (Wildman–Crippen LogP) is 8.62. The van der Waals surface area contributed by atoms with E-state index in [1.807, 2.05) is 24.4 Å². The molecule has 0 saturated heterocycles. The van der Waals surface area contributed by atoms with E-state index >= 15 is 0 Å². The van der Waals surface area contributed by atoms with Crippen molar-refractivity contribution < 1.29 is 4.42 Å². The number of hydrogen-bond acceptors (Lipinski definition) is 2. The molecule has 0 unspecified atom stereocenters. The molecule has 0 saturated carbocycles. The SMILES string of the molecule is CC1(C)c2ccc(-c3ccc(-c4cccnc4)cc3)cc2-c2cc3oc4ccccc4c3cc21. The average Bonchev–Trinajstić information content (AvgIpc) is 3.35. The summed E-state index contributed by atoms with van der Waals surface area (Å²) in [6.07, 6.45) is 3.71. The van der Waals surface area contributed by atoms with Crippen LogP contribution in [0.4, 0.5) is 0 Å². The molecule has 162 valence electrons. The van der Waals surface area contributed by atoms with Gasteiger partial charge in [0.1, 0.15) is 11.2 Å². The highest BCUT2D eigenvalue weighted by Crippen LogP contribution is 2.51. The molecule has 2 aromatic heterocycles. The van der Waals surface area contributed by atoms with Crippen LogP contribution in [0.5, 0.6) is 0 Å². The number of benzene rings is 4. The Hall–Kier alpha value is -4.17. The molecule has 7 rings (SSSR count). The Morgan fingerprint density at radius 2 is 1.32 bits per heavy atom. The number of fused-ring (bicyclic) bond motifs is 6. The van der Waals surface area contributed by atoms with Gasteiger partial charge in [-0.05, 0) is 74.8 Å². The van der Waals surface area contributed by atoms with Gasteiger partial charge in [-0.3, -0.25) is 4.98 Å². The predicted molar refractivity (Wildman–Crippen MR) is 140 cm³/mol. The van der Waals surface area contributed by atoms with Crippen molar-refractivity contribution in [1.29, 1.82) is 0 Å². The number of furan rings is 1. The Morgan fingerprint density at radius 1 is 0.588 bits per heavy atom. The van der Waals surface area contributed by atoms with Crippen molar-refractivity contribution in [2.45, 2.75) is 19.3 Å². The fraction of sp³-hybridized carbons (Fsp3) is 0.0938. The maximum atomic E-state index is 6.23. The second kappa shape index (κ2) is 6.91. The normalized spacial score (nSPS) is 13.8. The van der Waals surface area contributed by atoms with Gasteiger partial charge in [-0.25, -0.2) is 0 Å². The van der Waals surface area contributed by atoms with Gasteiger partial charge in [0.2, 0.25) is 0 Å². The fourth-order valence-electron chi connectivity index (χ4n) is 5.54. The molecule has 1 aliphatic rings. The van der Waals surface area contributed by atoms with E-state index in [4.69, 9.17) is 4.42 Å². The average molecular weight is 438 g/mol. The maximum absolute atomic E-state index is 6.23. The van der Waals surface area contributed by atoms with Gasteiger partial charge in [-0.2, -0.15) is 0 Å². The van der Waals surface area contributed by atoms with Crippen molar-refractivity contribution >= 4 is 21.9 Å². The van der Waals surface area contributed by atoms with E-state index < -0.39 is 0 Å². The first-order valence-corrected chi connectivity index (χ1v) is 11.7. The van der Waals surface area contributed by atoms with E-state index in [2.05, 4.69) is 91.6 Å².